The fourth-order valence-electron chi connectivity index (χ4n) is 6.76. The second-order valence-corrected chi connectivity index (χ2v) is 12.1. The zero-order valence-corrected chi connectivity index (χ0v) is 25.6. The molecule has 2 aromatic heterocycles. The summed E-state index contributed by atoms with van der Waals surface area (Å²) in [6.07, 6.45) is 6.53. The molecule has 6 heterocycles. The van der Waals surface area contributed by atoms with Gasteiger partial charge < -0.3 is 19.5 Å². The minimum Gasteiger partial charge on any atom is -0.467 e. The minimum absolute atomic E-state index is 0.0208. The number of piperazine rings is 1. The van der Waals surface area contributed by atoms with Gasteiger partial charge in [-0.2, -0.15) is 15.2 Å². The molecule has 2 bridgehead atoms. The third-order valence-electron chi connectivity index (χ3n) is 8.94. The zero-order chi connectivity index (χ0) is 31.1. The number of benzene rings is 2. The molecule has 12 heteroatoms. The Bertz CT molecular complexity index is 1800. The molecule has 232 valence electrons. The van der Waals surface area contributed by atoms with E-state index in [0.29, 0.717) is 59.0 Å². The second-order valence-electron chi connectivity index (χ2n) is 11.7. The van der Waals surface area contributed by atoms with E-state index in [1.807, 2.05) is 40.1 Å². The average molecular weight is 630 g/mol. The highest BCUT2D eigenvalue weighted by Crippen LogP contribution is 2.37. The molecule has 10 nitrogen and oxygen atoms in total. The third-order valence-corrected chi connectivity index (χ3v) is 9.25. The van der Waals surface area contributed by atoms with Crippen LogP contribution in [0.3, 0.4) is 0 Å². The van der Waals surface area contributed by atoms with E-state index in [2.05, 4.69) is 25.9 Å². The first-order chi connectivity index (χ1) is 21.9. The number of aliphatic hydroxyl groups excluding tert-OH is 1. The van der Waals surface area contributed by atoms with Gasteiger partial charge in [0.2, 0.25) is 0 Å². The van der Waals surface area contributed by atoms with Crippen LogP contribution in [0.4, 0.5) is 10.2 Å². The molecule has 8 rings (SSSR count). The predicted octanol–water partition coefficient (Wildman–Crippen LogP) is 4.40. The second kappa shape index (κ2) is 12.5. The van der Waals surface area contributed by atoms with Crippen molar-refractivity contribution in [2.24, 2.45) is 0 Å². The highest BCUT2D eigenvalue weighted by atomic mass is 35.5. The van der Waals surface area contributed by atoms with Gasteiger partial charge in [-0.25, -0.2) is 4.39 Å². The van der Waals surface area contributed by atoms with Crippen molar-refractivity contribution in [3.05, 3.63) is 65.6 Å². The first kappa shape index (κ1) is 29.8. The van der Waals surface area contributed by atoms with Crippen molar-refractivity contribution in [2.75, 3.05) is 51.3 Å². The van der Waals surface area contributed by atoms with Crippen LogP contribution in [-0.4, -0.2) is 101 Å². The number of fused-ring (bicyclic) bond motifs is 4. The summed E-state index contributed by atoms with van der Waals surface area (Å²) in [6.45, 7) is 3.91. The summed E-state index contributed by atoms with van der Waals surface area (Å²) in [6, 6.07) is 13.1. The predicted molar refractivity (Wildman–Crippen MR) is 170 cm³/mol. The van der Waals surface area contributed by atoms with E-state index >= 15 is 4.39 Å². The van der Waals surface area contributed by atoms with Gasteiger partial charge >= 0.3 is 6.01 Å². The number of ether oxygens (including phenoxy) is 2. The van der Waals surface area contributed by atoms with Gasteiger partial charge in [-0.3, -0.25) is 14.8 Å². The van der Waals surface area contributed by atoms with Crippen molar-refractivity contribution in [3.63, 3.8) is 0 Å². The number of methoxy groups -OCH3 is 1. The number of hydrogen-bond donors (Lipinski definition) is 1. The van der Waals surface area contributed by atoms with E-state index in [1.165, 1.54) is 7.11 Å². The summed E-state index contributed by atoms with van der Waals surface area (Å²) in [5, 5.41) is 23.3. The number of aromatic nitrogens is 3. The summed E-state index contributed by atoms with van der Waals surface area (Å²) < 4.78 is 27.5. The quantitative estimate of drug-likeness (QED) is 0.282. The topological polar surface area (TPSA) is 111 Å². The molecule has 3 unspecified atom stereocenters. The molecule has 0 amide bonds. The third kappa shape index (κ3) is 5.69. The molecule has 1 N–H and O–H groups in total. The highest BCUT2D eigenvalue weighted by molar-refractivity contribution is 6.36. The maximum atomic E-state index is 16.3. The van der Waals surface area contributed by atoms with Gasteiger partial charge in [0.1, 0.15) is 23.3 Å². The van der Waals surface area contributed by atoms with Crippen LogP contribution in [0.15, 0.2) is 54.7 Å². The normalized spacial score (nSPS) is 22.9. The van der Waals surface area contributed by atoms with Crippen molar-refractivity contribution < 1.29 is 19.0 Å². The van der Waals surface area contributed by atoms with Gasteiger partial charge in [-0.05, 0) is 17.5 Å². The molecular formula is C33H33ClFN7O3. The van der Waals surface area contributed by atoms with Crippen molar-refractivity contribution >= 4 is 39.1 Å². The maximum Gasteiger partial charge on any atom is 0.318 e. The molecule has 4 aromatic rings. The number of morpholine rings is 1. The van der Waals surface area contributed by atoms with E-state index < -0.39 is 12.0 Å². The first-order valence-electron chi connectivity index (χ1n) is 15.1. The van der Waals surface area contributed by atoms with Crippen LogP contribution in [-0.2, 0) is 4.74 Å². The molecule has 4 atom stereocenters. The van der Waals surface area contributed by atoms with Crippen molar-refractivity contribution in [3.8, 4) is 23.3 Å². The minimum atomic E-state index is -0.841. The summed E-state index contributed by atoms with van der Waals surface area (Å²) in [7, 11) is 1.44. The van der Waals surface area contributed by atoms with Crippen LogP contribution in [0.1, 0.15) is 12.8 Å². The Kier molecular flexibility index (Phi) is 8.25. The number of anilines is 1. The molecule has 4 saturated heterocycles. The molecular weight excluding hydrogens is 597 g/mol. The van der Waals surface area contributed by atoms with Crippen LogP contribution in [0, 0.1) is 17.1 Å². The molecule has 2 aromatic carbocycles. The number of pyridine rings is 1. The standard InChI is InChI=1S/C33H33ClFN7O3/c1-44-33-38-31-25(16-37-30(29(31)35)24-7-2-5-20-6-3-8-26(34)28(20)24)32(39-33)41-13-14-42(21(17-41)10-11-36)27(43)9-4-12-40-18-22-15-23(19-40)45-22/h2-9,16,21-23,27,43H,10,12-15,17-19H2,1H3/b9-4+/t21-,22?,23?,27?/m0/s1. The molecule has 45 heavy (non-hydrogen) atoms. The summed E-state index contributed by atoms with van der Waals surface area (Å²) in [4.78, 5) is 19.8. The summed E-state index contributed by atoms with van der Waals surface area (Å²) in [5.41, 5.74) is 0.768. The van der Waals surface area contributed by atoms with Gasteiger partial charge in [0.05, 0.1) is 37.2 Å². The lowest BCUT2D eigenvalue weighted by molar-refractivity contribution is -0.178. The van der Waals surface area contributed by atoms with Crippen LogP contribution in [0.25, 0.3) is 32.9 Å². The van der Waals surface area contributed by atoms with Crippen LogP contribution in [0.5, 0.6) is 6.01 Å². The Balaban J connectivity index is 1.16. The fraction of sp³-hybridized carbons (Fsp3) is 0.394. The number of halogens is 2. The first-order valence-corrected chi connectivity index (χ1v) is 15.5. The number of rotatable bonds is 8. The van der Waals surface area contributed by atoms with Crippen LogP contribution < -0.4 is 9.64 Å². The Morgan fingerprint density at radius 3 is 2.71 bits per heavy atom. The van der Waals surface area contributed by atoms with Crippen molar-refractivity contribution in [2.45, 2.75) is 37.3 Å². The van der Waals surface area contributed by atoms with Gasteiger partial charge in [-0.15, -0.1) is 0 Å². The smallest absolute Gasteiger partial charge is 0.318 e. The number of nitrogens with zero attached hydrogens (tertiary/aromatic N) is 7. The average Bonchev–Trinajstić information content (AvgIpc) is 3.04. The van der Waals surface area contributed by atoms with Crippen molar-refractivity contribution in [1.82, 2.24) is 24.8 Å². The van der Waals surface area contributed by atoms with E-state index in [0.717, 1.165) is 31.4 Å². The summed E-state index contributed by atoms with van der Waals surface area (Å²) >= 11 is 6.54. The number of aliphatic hydroxyl groups is 1. The van der Waals surface area contributed by atoms with E-state index in [1.54, 1.807) is 24.4 Å². The van der Waals surface area contributed by atoms with E-state index in [4.69, 9.17) is 21.1 Å². The molecule has 0 saturated carbocycles. The van der Waals surface area contributed by atoms with Gasteiger partial charge in [-0.1, -0.05) is 48.0 Å². The molecule has 0 aliphatic carbocycles. The lowest BCUT2D eigenvalue weighted by Gasteiger charge is -2.46. The summed E-state index contributed by atoms with van der Waals surface area (Å²) in [5.74, 6) is -0.142. The SMILES string of the molecule is COc1nc(N2CCN(C(O)/C=C/CN3CC4CC(C3)O4)[C@@H](CC#N)C2)c2cnc(-c3cccc4cccc(Cl)c34)c(F)c2n1. The van der Waals surface area contributed by atoms with Gasteiger partial charge in [0.15, 0.2) is 5.82 Å². The van der Waals surface area contributed by atoms with Gasteiger partial charge in [0.25, 0.3) is 0 Å². The Labute approximate surface area is 265 Å². The molecule has 4 aliphatic rings. The molecule has 0 spiro atoms. The number of nitriles is 1. The molecule has 0 radical (unpaired) electrons. The zero-order valence-electron chi connectivity index (χ0n) is 24.8. The van der Waals surface area contributed by atoms with Crippen LogP contribution >= 0.6 is 11.6 Å². The lowest BCUT2D eigenvalue weighted by Crippen LogP contribution is -2.57. The Morgan fingerprint density at radius 2 is 1.96 bits per heavy atom. The lowest BCUT2D eigenvalue weighted by atomic mass is 9.99. The fourth-order valence-corrected chi connectivity index (χ4v) is 7.05. The van der Waals surface area contributed by atoms with E-state index in [9.17, 15) is 10.4 Å². The van der Waals surface area contributed by atoms with E-state index in [-0.39, 0.29) is 29.7 Å². The number of hydrogen-bond acceptors (Lipinski definition) is 10. The Morgan fingerprint density at radius 1 is 1.18 bits per heavy atom. The van der Waals surface area contributed by atoms with Crippen LogP contribution in [0.2, 0.25) is 5.02 Å². The van der Waals surface area contributed by atoms with Gasteiger partial charge in [0, 0.05) is 73.9 Å². The maximum absolute atomic E-state index is 16.3. The van der Waals surface area contributed by atoms with Crippen molar-refractivity contribution in [1.29, 1.82) is 5.26 Å². The highest BCUT2D eigenvalue weighted by Gasteiger charge is 2.38. The molecule has 4 fully saturated rings. The largest absolute Gasteiger partial charge is 0.467 e. The number of piperidine rings is 1. The monoisotopic (exact) mass is 629 g/mol. The molecule has 4 aliphatic heterocycles. The Hall–Kier alpha value is -3.92.